The molecule has 0 aliphatic carbocycles. The molecule has 2 unspecified atom stereocenters. The third-order valence-corrected chi connectivity index (χ3v) is 4.56. The fourth-order valence-corrected chi connectivity index (χ4v) is 2.89. The van der Waals surface area contributed by atoms with Crippen molar-refractivity contribution in [1.82, 2.24) is 15.5 Å². The summed E-state index contributed by atoms with van der Waals surface area (Å²) in [5.41, 5.74) is 1.16. The molecule has 166 valence electrons. The van der Waals surface area contributed by atoms with Crippen LogP contribution < -0.4 is 10.6 Å². The molecule has 2 atom stereocenters. The Labute approximate surface area is 176 Å². The Bertz CT molecular complexity index is 892. The number of carboxylic acid groups (broad SMARTS) is 1. The predicted molar refractivity (Wildman–Crippen MR) is 106 cm³/mol. The molecule has 0 heterocycles. The van der Waals surface area contributed by atoms with Crippen molar-refractivity contribution in [3.05, 3.63) is 71.8 Å². The number of likely N-dealkylation sites (N-methyl/N-ethyl adjacent to an activating group) is 1. The number of nitrogens with zero attached hydrogens (tertiary/aromatic N) is 1. The molecule has 0 bridgehead atoms. The summed E-state index contributed by atoms with van der Waals surface area (Å²) in [4.78, 5) is 36.6. The smallest absolute Gasteiger partial charge is 0.471 e. The maximum Gasteiger partial charge on any atom is 0.471 e. The molecule has 0 aromatic heterocycles. The van der Waals surface area contributed by atoms with Crippen LogP contribution in [-0.2, 0) is 16.0 Å². The van der Waals surface area contributed by atoms with E-state index in [1.54, 1.807) is 66.0 Å². The zero-order valence-electron chi connectivity index (χ0n) is 16.6. The van der Waals surface area contributed by atoms with E-state index in [2.05, 4.69) is 5.32 Å². The van der Waals surface area contributed by atoms with E-state index >= 15 is 0 Å². The Hall–Kier alpha value is -3.56. The molecule has 0 saturated heterocycles. The second kappa shape index (κ2) is 10.5. The van der Waals surface area contributed by atoms with Gasteiger partial charge in [0.1, 0.15) is 6.04 Å². The van der Waals surface area contributed by atoms with Gasteiger partial charge in [0.15, 0.2) is 0 Å². The number of hydrogen-bond donors (Lipinski definition) is 3. The first kappa shape index (κ1) is 23.7. The fourth-order valence-electron chi connectivity index (χ4n) is 2.89. The van der Waals surface area contributed by atoms with Crippen LogP contribution in [0.5, 0.6) is 0 Å². The summed E-state index contributed by atoms with van der Waals surface area (Å²) in [7, 11) is 1.31. The SMILES string of the molecule is CN(C(=O)NC(Cc1ccccc1)C(=O)O)C(CNC(=O)C(F)(F)F)c1ccccc1. The predicted octanol–water partition coefficient (Wildman–Crippen LogP) is 2.74. The van der Waals surface area contributed by atoms with E-state index in [1.165, 1.54) is 7.05 Å². The van der Waals surface area contributed by atoms with E-state index in [4.69, 9.17) is 0 Å². The number of carboxylic acids is 1. The number of aliphatic carboxylic acids is 1. The standard InChI is InChI=1S/C21H22F3N3O4/c1-27(20(31)26-16(18(28)29)12-14-8-4-2-5-9-14)17(15-10-6-3-7-11-15)13-25-19(30)21(22,23)24/h2-11,16-17H,12-13H2,1H3,(H,25,30)(H,26,31)(H,28,29). The van der Waals surface area contributed by atoms with Gasteiger partial charge in [-0.15, -0.1) is 0 Å². The lowest BCUT2D eigenvalue weighted by atomic mass is 10.0. The largest absolute Gasteiger partial charge is 0.480 e. The first-order valence-corrected chi connectivity index (χ1v) is 9.29. The second-order valence-corrected chi connectivity index (χ2v) is 6.78. The molecule has 2 aromatic rings. The lowest BCUT2D eigenvalue weighted by Crippen LogP contribution is -2.50. The van der Waals surface area contributed by atoms with Gasteiger partial charge in [-0.2, -0.15) is 13.2 Å². The van der Waals surface area contributed by atoms with E-state index in [1.807, 2.05) is 0 Å². The van der Waals surface area contributed by atoms with Crippen LogP contribution in [-0.4, -0.2) is 53.7 Å². The Morgan fingerprint density at radius 2 is 1.55 bits per heavy atom. The minimum Gasteiger partial charge on any atom is -0.480 e. The molecule has 31 heavy (non-hydrogen) atoms. The van der Waals surface area contributed by atoms with Gasteiger partial charge in [-0.25, -0.2) is 9.59 Å². The Kier molecular flexibility index (Phi) is 8.00. The molecular weight excluding hydrogens is 415 g/mol. The number of halogens is 3. The zero-order chi connectivity index (χ0) is 23.0. The van der Waals surface area contributed by atoms with E-state index in [0.29, 0.717) is 11.1 Å². The third-order valence-electron chi connectivity index (χ3n) is 4.56. The zero-order valence-corrected chi connectivity index (χ0v) is 16.6. The van der Waals surface area contributed by atoms with Crippen LogP contribution in [0, 0.1) is 0 Å². The Balaban J connectivity index is 2.15. The van der Waals surface area contributed by atoms with Crippen molar-refractivity contribution in [2.24, 2.45) is 0 Å². The molecular formula is C21H22F3N3O4. The Morgan fingerprint density at radius 1 is 1.00 bits per heavy atom. The molecule has 2 aromatic carbocycles. The molecule has 3 N–H and O–H groups in total. The minimum absolute atomic E-state index is 0.0244. The van der Waals surface area contributed by atoms with Crippen molar-refractivity contribution in [2.75, 3.05) is 13.6 Å². The number of alkyl halides is 3. The lowest BCUT2D eigenvalue weighted by Gasteiger charge is -2.30. The topological polar surface area (TPSA) is 98.7 Å². The van der Waals surface area contributed by atoms with Gasteiger partial charge >= 0.3 is 24.1 Å². The second-order valence-electron chi connectivity index (χ2n) is 6.78. The molecule has 0 fully saturated rings. The van der Waals surface area contributed by atoms with Gasteiger partial charge in [-0.3, -0.25) is 4.79 Å². The van der Waals surface area contributed by atoms with Crippen molar-refractivity contribution in [3.8, 4) is 0 Å². The molecule has 7 nitrogen and oxygen atoms in total. The van der Waals surface area contributed by atoms with Crippen LogP contribution in [0.3, 0.4) is 0 Å². The molecule has 0 aliphatic heterocycles. The van der Waals surface area contributed by atoms with Gasteiger partial charge in [-0.05, 0) is 11.1 Å². The summed E-state index contributed by atoms with van der Waals surface area (Å²) >= 11 is 0. The minimum atomic E-state index is -5.06. The van der Waals surface area contributed by atoms with E-state index < -0.39 is 42.7 Å². The number of amides is 3. The van der Waals surface area contributed by atoms with Gasteiger partial charge in [0.25, 0.3) is 0 Å². The van der Waals surface area contributed by atoms with E-state index in [0.717, 1.165) is 4.90 Å². The number of carbonyl (C=O) groups excluding carboxylic acids is 2. The van der Waals surface area contributed by atoms with Crippen molar-refractivity contribution < 1.29 is 32.7 Å². The molecule has 0 saturated carbocycles. The first-order valence-electron chi connectivity index (χ1n) is 9.29. The molecule has 0 radical (unpaired) electrons. The summed E-state index contributed by atoms with van der Waals surface area (Å²) < 4.78 is 37.7. The van der Waals surface area contributed by atoms with Crippen molar-refractivity contribution in [1.29, 1.82) is 0 Å². The lowest BCUT2D eigenvalue weighted by molar-refractivity contribution is -0.173. The number of urea groups is 1. The van der Waals surface area contributed by atoms with E-state index in [-0.39, 0.29) is 6.42 Å². The summed E-state index contributed by atoms with van der Waals surface area (Å²) in [6.07, 6.45) is -5.04. The maximum absolute atomic E-state index is 12.7. The van der Waals surface area contributed by atoms with Gasteiger partial charge in [-0.1, -0.05) is 60.7 Å². The number of benzene rings is 2. The third kappa shape index (κ3) is 7.02. The number of carbonyl (C=O) groups is 3. The summed E-state index contributed by atoms with van der Waals surface area (Å²) in [6, 6.07) is 13.8. The van der Waals surface area contributed by atoms with Crippen molar-refractivity contribution in [2.45, 2.75) is 24.7 Å². The van der Waals surface area contributed by atoms with Gasteiger partial charge < -0.3 is 20.6 Å². The summed E-state index contributed by atoms with van der Waals surface area (Å²) in [5.74, 6) is -3.39. The van der Waals surface area contributed by atoms with Gasteiger partial charge in [0.2, 0.25) is 0 Å². The molecule has 10 heteroatoms. The van der Waals surface area contributed by atoms with Crippen molar-refractivity contribution in [3.63, 3.8) is 0 Å². The maximum atomic E-state index is 12.7. The van der Waals surface area contributed by atoms with Crippen LogP contribution in [0.1, 0.15) is 17.2 Å². The molecule has 2 rings (SSSR count). The highest BCUT2D eigenvalue weighted by Gasteiger charge is 2.39. The summed E-state index contributed by atoms with van der Waals surface area (Å²) in [6.45, 7) is -0.511. The van der Waals surface area contributed by atoms with Crippen LogP contribution >= 0.6 is 0 Å². The first-order chi connectivity index (χ1) is 14.6. The average Bonchev–Trinajstić information content (AvgIpc) is 2.73. The average molecular weight is 437 g/mol. The van der Waals surface area contributed by atoms with Crippen LogP contribution in [0.15, 0.2) is 60.7 Å². The van der Waals surface area contributed by atoms with Gasteiger partial charge in [0, 0.05) is 20.0 Å². The van der Waals surface area contributed by atoms with Crippen LogP contribution in [0.2, 0.25) is 0 Å². The quantitative estimate of drug-likeness (QED) is 0.592. The molecule has 0 aliphatic rings. The van der Waals surface area contributed by atoms with Crippen LogP contribution in [0.4, 0.5) is 18.0 Å². The highest BCUT2D eigenvalue weighted by molar-refractivity contribution is 5.83. The fraction of sp³-hybridized carbons (Fsp3) is 0.286. The highest BCUT2D eigenvalue weighted by Crippen LogP contribution is 2.20. The van der Waals surface area contributed by atoms with Gasteiger partial charge in [0.05, 0.1) is 6.04 Å². The van der Waals surface area contributed by atoms with Crippen molar-refractivity contribution >= 4 is 17.9 Å². The number of hydrogen-bond acceptors (Lipinski definition) is 3. The monoisotopic (exact) mass is 437 g/mol. The van der Waals surface area contributed by atoms with Crippen LogP contribution in [0.25, 0.3) is 0 Å². The highest BCUT2D eigenvalue weighted by atomic mass is 19.4. The normalized spacial score (nSPS) is 13.0. The summed E-state index contributed by atoms with van der Waals surface area (Å²) in [5, 5.41) is 13.6. The Morgan fingerprint density at radius 3 is 2.06 bits per heavy atom. The number of nitrogens with one attached hydrogen (secondary N) is 2. The molecule has 3 amide bonds. The van der Waals surface area contributed by atoms with E-state index in [9.17, 15) is 32.7 Å². The molecule has 0 spiro atoms. The number of rotatable bonds is 8.